The van der Waals surface area contributed by atoms with E-state index in [0.717, 1.165) is 18.8 Å². The minimum atomic E-state index is -0.296. The molecule has 1 heterocycles. The number of nitrogens with two attached hydrogens (primary N) is 1. The van der Waals surface area contributed by atoms with Gasteiger partial charge in [0.05, 0.1) is 23.5 Å². The molecule has 0 aliphatic carbocycles. The first-order valence-electron chi connectivity index (χ1n) is 7.42. The first kappa shape index (κ1) is 15.6. The molecule has 5 nitrogen and oxygen atoms in total. The van der Waals surface area contributed by atoms with Gasteiger partial charge >= 0.3 is 5.97 Å². The van der Waals surface area contributed by atoms with E-state index in [2.05, 4.69) is 30.8 Å². The van der Waals surface area contributed by atoms with E-state index in [1.807, 2.05) is 6.07 Å². The number of carbonyl (C=O) groups excluding carboxylic acids is 1. The largest absolute Gasteiger partial charge is 0.462 e. The second-order valence-corrected chi connectivity index (χ2v) is 5.91. The molecule has 1 saturated heterocycles. The molecule has 1 aromatic carbocycles. The summed E-state index contributed by atoms with van der Waals surface area (Å²) in [5.41, 5.74) is 8.29. The van der Waals surface area contributed by atoms with Crippen molar-refractivity contribution >= 4 is 17.3 Å². The molecule has 1 aliphatic rings. The summed E-state index contributed by atoms with van der Waals surface area (Å²) in [6.45, 7) is 6.29. The summed E-state index contributed by atoms with van der Waals surface area (Å²) in [6, 6.07) is 5.85. The Balaban J connectivity index is 2.24. The van der Waals surface area contributed by atoms with Crippen molar-refractivity contribution in [3.63, 3.8) is 0 Å². The summed E-state index contributed by atoms with van der Waals surface area (Å²) in [4.78, 5) is 16.4. The maximum absolute atomic E-state index is 11.9. The Hall–Kier alpha value is -1.75. The summed E-state index contributed by atoms with van der Waals surface area (Å²) >= 11 is 0. The quantitative estimate of drug-likeness (QED) is 0.677. The Kier molecular flexibility index (Phi) is 4.73. The molecular weight excluding hydrogens is 266 g/mol. The van der Waals surface area contributed by atoms with Crippen LogP contribution in [0.1, 0.15) is 24.2 Å². The fourth-order valence-electron chi connectivity index (χ4n) is 2.98. The summed E-state index contributed by atoms with van der Waals surface area (Å²) in [5, 5.41) is 0. The van der Waals surface area contributed by atoms with Crippen LogP contribution in [0, 0.1) is 5.92 Å². The highest BCUT2D eigenvalue weighted by Gasteiger charge is 2.32. The molecule has 1 aliphatic heterocycles. The number of ether oxygens (including phenoxy) is 1. The number of carbonyl (C=O) groups is 1. The van der Waals surface area contributed by atoms with Gasteiger partial charge in [-0.1, -0.05) is 6.92 Å². The SMILES string of the molecule is CCOC(=O)c1ccc(N)c(N2CC(C)C(N(C)C)C2)c1. The minimum absolute atomic E-state index is 0.296. The number of likely N-dealkylation sites (N-methyl/N-ethyl adjacent to an activating group) is 1. The predicted octanol–water partition coefficient (Wildman–Crippen LogP) is 1.83. The first-order chi connectivity index (χ1) is 9.93. The Bertz CT molecular complexity index is 516. The molecular formula is C16H25N3O2. The number of hydrogen-bond donors (Lipinski definition) is 1. The lowest BCUT2D eigenvalue weighted by Gasteiger charge is -2.24. The molecule has 21 heavy (non-hydrogen) atoms. The van der Waals surface area contributed by atoms with Crippen LogP contribution in [0.3, 0.4) is 0 Å². The molecule has 0 amide bonds. The van der Waals surface area contributed by atoms with Gasteiger partial charge in [-0.2, -0.15) is 0 Å². The average molecular weight is 291 g/mol. The van der Waals surface area contributed by atoms with Crippen molar-refractivity contribution in [3.05, 3.63) is 23.8 Å². The highest BCUT2D eigenvalue weighted by molar-refractivity contribution is 5.92. The van der Waals surface area contributed by atoms with Crippen LogP contribution < -0.4 is 10.6 Å². The number of esters is 1. The Morgan fingerprint density at radius 2 is 2.14 bits per heavy atom. The Morgan fingerprint density at radius 3 is 2.71 bits per heavy atom. The van der Waals surface area contributed by atoms with Gasteiger partial charge in [0.1, 0.15) is 0 Å². The van der Waals surface area contributed by atoms with Crippen molar-refractivity contribution in [2.24, 2.45) is 5.92 Å². The summed E-state index contributed by atoms with van der Waals surface area (Å²) < 4.78 is 5.06. The average Bonchev–Trinajstić information content (AvgIpc) is 2.81. The maximum atomic E-state index is 11.9. The van der Waals surface area contributed by atoms with Crippen LogP contribution in [-0.2, 0) is 4.74 Å². The van der Waals surface area contributed by atoms with Gasteiger partial charge in [0, 0.05) is 19.1 Å². The van der Waals surface area contributed by atoms with Crippen molar-refractivity contribution in [1.82, 2.24) is 4.90 Å². The van der Waals surface area contributed by atoms with Crippen molar-refractivity contribution in [1.29, 1.82) is 0 Å². The third kappa shape index (κ3) is 3.29. The lowest BCUT2D eigenvalue weighted by molar-refractivity contribution is 0.0526. The van der Waals surface area contributed by atoms with Crippen LogP contribution in [0.2, 0.25) is 0 Å². The van der Waals surface area contributed by atoms with Crippen LogP contribution in [0.25, 0.3) is 0 Å². The monoisotopic (exact) mass is 291 g/mol. The molecule has 0 bridgehead atoms. The van der Waals surface area contributed by atoms with Gasteiger partial charge in [-0.3, -0.25) is 0 Å². The zero-order valence-electron chi connectivity index (χ0n) is 13.3. The number of nitrogen functional groups attached to an aromatic ring is 1. The molecule has 0 aromatic heterocycles. The third-order valence-corrected chi connectivity index (χ3v) is 4.12. The van der Waals surface area contributed by atoms with Gasteiger partial charge in [-0.05, 0) is 45.1 Å². The standard InChI is InChI=1S/C16H25N3O2/c1-5-21-16(20)12-6-7-13(17)14(8-12)19-9-11(2)15(10-19)18(3)4/h6-8,11,15H,5,9-10,17H2,1-4H3. The molecule has 116 valence electrons. The molecule has 2 rings (SSSR count). The highest BCUT2D eigenvalue weighted by Crippen LogP contribution is 2.31. The van der Waals surface area contributed by atoms with Crippen LogP contribution in [0.5, 0.6) is 0 Å². The van der Waals surface area contributed by atoms with E-state index in [1.165, 1.54) is 0 Å². The highest BCUT2D eigenvalue weighted by atomic mass is 16.5. The second-order valence-electron chi connectivity index (χ2n) is 5.91. The van der Waals surface area contributed by atoms with Gasteiger partial charge < -0.3 is 20.3 Å². The predicted molar refractivity (Wildman–Crippen MR) is 85.7 cm³/mol. The fourth-order valence-corrected chi connectivity index (χ4v) is 2.98. The normalized spacial score (nSPS) is 21.9. The Morgan fingerprint density at radius 1 is 1.43 bits per heavy atom. The first-order valence-corrected chi connectivity index (χ1v) is 7.42. The molecule has 0 radical (unpaired) electrons. The number of rotatable bonds is 4. The fraction of sp³-hybridized carbons (Fsp3) is 0.562. The van der Waals surface area contributed by atoms with Gasteiger partial charge in [0.25, 0.3) is 0 Å². The number of anilines is 2. The molecule has 2 N–H and O–H groups in total. The second kappa shape index (κ2) is 6.35. The zero-order chi connectivity index (χ0) is 15.6. The number of nitrogens with zero attached hydrogens (tertiary/aromatic N) is 2. The van der Waals surface area contributed by atoms with E-state index >= 15 is 0 Å². The molecule has 2 unspecified atom stereocenters. The smallest absolute Gasteiger partial charge is 0.338 e. The van der Waals surface area contributed by atoms with E-state index in [4.69, 9.17) is 10.5 Å². The lowest BCUT2D eigenvalue weighted by Crippen LogP contribution is -2.34. The lowest BCUT2D eigenvalue weighted by atomic mass is 10.1. The molecule has 0 spiro atoms. The van der Waals surface area contributed by atoms with Gasteiger partial charge in [0.2, 0.25) is 0 Å². The number of benzene rings is 1. The molecule has 0 saturated carbocycles. The van der Waals surface area contributed by atoms with E-state index in [9.17, 15) is 4.79 Å². The van der Waals surface area contributed by atoms with E-state index in [0.29, 0.717) is 29.8 Å². The maximum Gasteiger partial charge on any atom is 0.338 e. The molecule has 1 fully saturated rings. The molecule has 2 atom stereocenters. The zero-order valence-corrected chi connectivity index (χ0v) is 13.3. The van der Waals surface area contributed by atoms with Crippen LogP contribution in [-0.4, -0.2) is 50.7 Å². The summed E-state index contributed by atoms with van der Waals surface area (Å²) in [7, 11) is 4.20. The third-order valence-electron chi connectivity index (χ3n) is 4.12. The topological polar surface area (TPSA) is 58.8 Å². The van der Waals surface area contributed by atoms with Gasteiger partial charge in [0.15, 0.2) is 0 Å². The van der Waals surface area contributed by atoms with Crippen molar-refractivity contribution < 1.29 is 9.53 Å². The number of hydrogen-bond acceptors (Lipinski definition) is 5. The molecule has 5 heteroatoms. The summed E-state index contributed by atoms with van der Waals surface area (Å²) in [5.74, 6) is 0.265. The van der Waals surface area contributed by atoms with Crippen molar-refractivity contribution in [2.75, 3.05) is 44.4 Å². The van der Waals surface area contributed by atoms with Crippen LogP contribution >= 0.6 is 0 Å². The van der Waals surface area contributed by atoms with Gasteiger partial charge in [-0.25, -0.2) is 4.79 Å². The van der Waals surface area contributed by atoms with Crippen LogP contribution in [0.4, 0.5) is 11.4 Å². The Labute approximate surface area is 126 Å². The molecule has 1 aromatic rings. The van der Waals surface area contributed by atoms with Gasteiger partial charge in [-0.15, -0.1) is 0 Å². The van der Waals surface area contributed by atoms with E-state index in [1.54, 1.807) is 19.1 Å². The van der Waals surface area contributed by atoms with E-state index < -0.39 is 0 Å². The van der Waals surface area contributed by atoms with Crippen molar-refractivity contribution in [2.45, 2.75) is 19.9 Å². The minimum Gasteiger partial charge on any atom is -0.462 e. The van der Waals surface area contributed by atoms with Crippen molar-refractivity contribution in [3.8, 4) is 0 Å². The van der Waals surface area contributed by atoms with Crippen LogP contribution in [0.15, 0.2) is 18.2 Å². The van der Waals surface area contributed by atoms with E-state index in [-0.39, 0.29) is 5.97 Å². The summed E-state index contributed by atoms with van der Waals surface area (Å²) in [6.07, 6.45) is 0.